The van der Waals surface area contributed by atoms with E-state index in [-0.39, 0.29) is 5.91 Å². The van der Waals surface area contributed by atoms with Crippen LogP contribution in [0, 0.1) is 6.92 Å². The first kappa shape index (κ1) is 19.0. The van der Waals surface area contributed by atoms with E-state index < -0.39 is 5.25 Å². The number of aryl methyl sites for hydroxylation is 2. The topological polar surface area (TPSA) is 79.9 Å². The number of hydrogen-bond acceptors (Lipinski definition) is 5. The zero-order chi connectivity index (χ0) is 19.2. The van der Waals surface area contributed by atoms with Gasteiger partial charge in [-0.15, -0.1) is 5.10 Å². The first-order chi connectivity index (χ1) is 13.1. The predicted molar refractivity (Wildman–Crippen MR) is 107 cm³/mol. The van der Waals surface area contributed by atoms with Crippen LogP contribution in [0.15, 0.2) is 53.7 Å². The molecular formula is C20H22N4O2S. The summed E-state index contributed by atoms with van der Waals surface area (Å²) in [5, 5.41) is 10.2. The Hall–Kier alpha value is -2.80. The maximum absolute atomic E-state index is 13.1. The Balaban J connectivity index is 1.88. The number of methoxy groups -OCH3 is 1. The highest BCUT2D eigenvalue weighted by atomic mass is 32.2. The molecule has 0 spiro atoms. The van der Waals surface area contributed by atoms with Crippen LogP contribution >= 0.6 is 11.8 Å². The molecule has 0 radical (unpaired) electrons. The summed E-state index contributed by atoms with van der Waals surface area (Å²) in [6, 6.07) is 15.3. The van der Waals surface area contributed by atoms with E-state index in [1.807, 2.05) is 62.4 Å². The van der Waals surface area contributed by atoms with Crippen LogP contribution in [0.4, 0.5) is 5.69 Å². The molecule has 3 rings (SSSR count). The summed E-state index contributed by atoms with van der Waals surface area (Å²) >= 11 is 1.32. The number of anilines is 1. The second kappa shape index (κ2) is 8.73. The molecule has 2 N–H and O–H groups in total. The zero-order valence-corrected chi connectivity index (χ0v) is 16.3. The number of thioether (sulfide) groups is 1. The van der Waals surface area contributed by atoms with E-state index in [2.05, 4.69) is 20.5 Å². The largest absolute Gasteiger partial charge is 0.495 e. The smallest absolute Gasteiger partial charge is 0.242 e. The average Bonchev–Trinajstić information content (AvgIpc) is 3.15. The number of nitrogens with zero attached hydrogens (tertiary/aromatic N) is 2. The maximum atomic E-state index is 13.1. The molecule has 1 aromatic heterocycles. The molecule has 3 aromatic rings. The maximum Gasteiger partial charge on any atom is 0.242 e. The molecule has 0 aliphatic heterocycles. The van der Waals surface area contributed by atoms with Gasteiger partial charge in [0.1, 0.15) is 16.8 Å². The van der Waals surface area contributed by atoms with Crippen LogP contribution in [0.1, 0.15) is 29.1 Å². The molecule has 1 amide bonds. The Morgan fingerprint density at radius 3 is 2.70 bits per heavy atom. The van der Waals surface area contributed by atoms with Crippen LogP contribution in [-0.4, -0.2) is 28.2 Å². The number of ether oxygens (including phenoxy) is 1. The molecule has 140 valence electrons. The van der Waals surface area contributed by atoms with E-state index >= 15 is 0 Å². The van der Waals surface area contributed by atoms with E-state index in [0.717, 1.165) is 23.4 Å². The summed E-state index contributed by atoms with van der Waals surface area (Å²) in [6.45, 7) is 3.97. The summed E-state index contributed by atoms with van der Waals surface area (Å²) in [4.78, 5) is 17.5. The molecule has 0 aliphatic carbocycles. The van der Waals surface area contributed by atoms with Crippen molar-refractivity contribution in [2.45, 2.75) is 30.7 Å². The fourth-order valence-electron chi connectivity index (χ4n) is 2.61. The zero-order valence-electron chi connectivity index (χ0n) is 15.5. The second-order valence-corrected chi connectivity index (χ2v) is 7.09. The van der Waals surface area contributed by atoms with Gasteiger partial charge in [-0.1, -0.05) is 55.1 Å². The van der Waals surface area contributed by atoms with Crippen molar-refractivity contribution in [3.8, 4) is 5.75 Å². The first-order valence-corrected chi connectivity index (χ1v) is 9.57. The number of rotatable bonds is 7. The molecule has 0 unspecified atom stereocenters. The van der Waals surface area contributed by atoms with E-state index in [1.54, 1.807) is 7.11 Å². The molecule has 1 heterocycles. The highest BCUT2D eigenvalue weighted by Crippen LogP contribution is 2.35. The van der Waals surface area contributed by atoms with Gasteiger partial charge in [-0.25, -0.2) is 4.98 Å². The molecule has 27 heavy (non-hydrogen) atoms. The van der Waals surface area contributed by atoms with Crippen LogP contribution in [0.2, 0.25) is 0 Å². The van der Waals surface area contributed by atoms with Crippen molar-refractivity contribution in [3.63, 3.8) is 0 Å². The summed E-state index contributed by atoms with van der Waals surface area (Å²) < 4.78 is 5.37. The lowest BCUT2D eigenvalue weighted by Gasteiger charge is -2.17. The average molecular weight is 382 g/mol. The number of nitrogens with one attached hydrogen (secondary N) is 2. The number of aromatic nitrogens is 3. The van der Waals surface area contributed by atoms with Gasteiger partial charge >= 0.3 is 0 Å². The quantitative estimate of drug-likeness (QED) is 0.600. The standard InChI is InChI=1S/C20H22N4O2S/c1-4-17-22-20(24-23-17)27-18(14-8-6-5-7-9-14)19(25)21-15-12-13(2)10-11-16(15)26-3/h5-12,18H,4H2,1-3H3,(H,21,25)(H,22,23,24)/t18-/m1/s1. The number of aromatic amines is 1. The molecule has 0 saturated carbocycles. The molecule has 7 heteroatoms. The molecule has 2 aromatic carbocycles. The number of benzene rings is 2. The number of amides is 1. The normalized spacial score (nSPS) is 11.8. The lowest BCUT2D eigenvalue weighted by molar-refractivity contribution is -0.115. The van der Waals surface area contributed by atoms with Crippen molar-refractivity contribution < 1.29 is 9.53 Å². The van der Waals surface area contributed by atoms with Crippen molar-refractivity contribution in [2.75, 3.05) is 12.4 Å². The Kier molecular flexibility index (Phi) is 6.13. The van der Waals surface area contributed by atoms with Gasteiger partial charge in [0.2, 0.25) is 11.1 Å². The van der Waals surface area contributed by atoms with Crippen LogP contribution in [-0.2, 0) is 11.2 Å². The highest BCUT2D eigenvalue weighted by Gasteiger charge is 2.25. The summed E-state index contributed by atoms with van der Waals surface area (Å²) in [7, 11) is 1.59. The summed E-state index contributed by atoms with van der Waals surface area (Å²) in [5.74, 6) is 1.26. The van der Waals surface area contributed by atoms with Crippen molar-refractivity contribution in [1.29, 1.82) is 0 Å². The third kappa shape index (κ3) is 4.68. The molecule has 1 atom stereocenters. The Morgan fingerprint density at radius 1 is 1.26 bits per heavy atom. The van der Waals surface area contributed by atoms with E-state index in [9.17, 15) is 4.79 Å². The van der Waals surface area contributed by atoms with E-state index in [1.165, 1.54) is 11.8 Å². The Bertz CT molecular complexity index is 911. The van der Waals surface area contributed by atoms with Crippen molar-refractivity contribution >= 4 is 23.4 Å². The number of carbonyl (C=O) groups is 1. The first-order valence-electron chi connectivity index (χ1n) is 8.69. The van der Waals surface area contributed by atoms with Gasteiger partial charge in [-0.05, 0) is 30.2 Å². The summed E-state index contributed by atoms with van der Waals surface area (Å²) in [5.41, 5.74) is 2.57. The van der Waals surface area contributed by atoms with E-state index in [0.29, 0.717) is 16.6 Å². The summed E-state index contributed by atoms with van der Waals surface area (Å²) in [6.07, 6.45) is 0.760. The van der Waals surface area contributed by atoms with Gasteiger partial charge in [0.05, 0.1) is 12.8 Å². The van der Waals surface area contributed by atoms with Crippen LogP contribution in [0.3, 0.4) is 0 Å². The molecule has 0 bridgehead atoms. The molecule has 6 nitrogen and oxygen atoms in total. The fourth-order valence-corrected chi connectivity index (χ4v) is 3.54. The third-order valence-corrected chi connectivity index (χ3v) is 5.14. The third-order valence-electron chi connectivity index (χ3n) is 4.02. The van der Waals surface area contributed by atoms with Gasteiger partial charge in [0.15, 0.2) is 0 Å². The fraction of sp³-hybridized carbons (Fsp3) is 0.250. The second-order valence-electron chi connectivity index (χ2n) is 6.02. The van der Waals surface area contributed by atoms with Gasteiger partial charge in [-0.3, -0.25) is 9.89 Å². The van der Waals surface area contributed by atoms with Crippen LogP contribution in [0.25, 0.3) is 0 Å². The van der Waals surface area contributed by atoms with Gasteiger partial charge in [0.25, 0.3) is 0 Å². The highest BCUT2D eigenvalue weighted by molar-refractivity contribution is 8.00. The van der Waals surface area contributed by atoms with Crippen molar-refractivity contribution in [1.82, 2.24) is 15.2 Å². The van der Waals surface area contributed by atoms with Crippen molar-refractivity contribution in [3.05, 3.63) is 65.5 Å². The van der Waals surface area contributed by atoms with Gasteiger partial charge < -0.3 is 10.1 Å². The number of carbonyl (C=O) groups excluding carboxylic acids is 1. The molecule has 0 fully saturated rings. The SMILES string of the molecule is CCc1nc(S[C@@H](C(=O)Nc2cc(C)ccc2OC)c2ccccc2)n[nH]1. The molecular weight excluding hydrogens is 360 g/mol. The van der Waals surface area contributed by atoms with Crippen LogP contribution < -0.4 is 10.1 Å². The minimum absolute atomic E-state index is 0.155. The Morgan fingerprint density at radius 2 is 2.04 bits per heavy atom. The lowest BCUT2D eigenvalue weighted by atomic mass is 10.1. The van der Waals surface area contributed by atoms with Gasteiger partial charge in [0, 0.05) is 6.42 Å². The number of hydrogen-bond donors (Lipinski definition) is 2. The van der Waals surface area contributed by atoms with E-state index in [4.69, 9.17) is 4.74 Å². The minimum Gasteiger partial charge on any atom is -0.495 e. The number of H-pyrrole nitrogens is 1. The predicted octanol–water partition coefficient (Wildman–Crippen LogP) is 4.16. The lowest BCUT2D eigenvalue weighted by Crippen LogP contribution is -2.19. The Labute approximate surface area is 162 Å². The van der Waals surface area contributed by atoms with Gasteiger partial charge in [-0.2, -0.15) is 0 Å². The molecule has 0 saturated heterocycles. The minimum atomic E-state index is -0.489. The van der Waals surface area contributed by atoms with Crippen molar-refractivity contribution in [2.24, 2.45) is 0 Å². The monoisotopic (exact) mass is 382 g/mol. The molecule has 0 aliphatic rings. The van der Waals surface area contributed by atoms with Crippen LogP contribution in [0.5, 0.6) is 5.75 Å².